The third-order valence-electron chi connectivity index (χ3n) is 2.85. The van der Waals surface area contributed by atoms with Gasteiger partial charge in [0.2, 0.25) is 0 Å². The number of aryl methyl sites for hydroxylation is 1. The first-order valence-corrected chi connectivity index (χ1v) is 5.78. The number of nitriles is 1. The summed E-state index contributed by atoms with van der Waals surface area (Å²) >= 11 is 0. The lowest BCUT2D eigenvalue weighted by atomic mass is 10.1. The summed E-state index contributed by atoms with van der Waals surface area (Å²) in [5, 5.41) is 13.7. The lowest BCUT2D eigenvalue weighted by Crippen LogP contribution is -1.98. The van der Waals surface area contributed by atoms with E-state index < -0.39 is 0 Å². The number of anilines is 1. The van der Waals surface area contributed by atoms with Crippen molar-refractivity contribution in [1.82, 2.24) is 24.7 Å². The van der Waals surface area contributed by atoms with Gasteiger partial charge in [-0.2, -0.15) is 10.4 Å². The van der Waals surface area contributed by atoms with Crippen LogP contribution in [0.2, 0.25) is 0 Å². The van der Waals surface area contributed by atoms with Crippen LogP contribution in [-0.2, 0) is 6.54 Å². The smallest absolute Gasteiger partial charge is 0.154 e. The van der Waals surface area contributed by atoms with Crippen molar-refractivity contribution in [3.8, 4) is 17.3 Å². The minimum absolute atomic E-state index is 0.393. The van der Waals surface area contributed by atoms with Crippen molar-refractivity contribution in [3.63, 3.8) is 0 Å². The first kappa shape index (κ1) is 11.2. The second-order valence-electron chi connectivity index (χ2n) is 4.06. The molecule has 7 nitrogen and oxygen atoms in total. The van der Waals surface area contributed by atoms with Crippen LogP contribution in [0.4, 0.5) is 5.82 Å². The molecule has 7 heteroatoms. The van der Waals surface area contributed by atoms with E-state index in [1.807, 2.05) is 6.07 Å². The van der Waals surface area contributed by atoms with Gasteiger partial charge in [-0.3, -0.25) is 4.68 Å². The van der Waals surface area contributed by atoms with Gasteiger partial charge in [0.1, 0.15) is 12.0 Å². The summed E-state index contributed by atoms with van der Waals surface area (Å²) in [6.07, 6.45) is 5.49. The third kappa shape index (κ3) is 1.89. The summed E-state index contributed by atoms with van der Waals surface area (Å²) in [5.74, 6) is 0.402. The monoisotopic (exact) mass is 253 g/mol. The fraction of sp³-hybridized carbons (Fsp3) is 0.167. The fourth-order valence-corrected chi connectivity index (χ4v) is 1.98. The van der Waals surface area contributed by atoms with Gasteiger partial charge < -0.3 is 10.7 Å². The van der Waals surface area contributed by atoms with Gasteiger partial charge in [-0.1, -0.05) is 0 Å². The Labute approximate surface area is 108 Å². The van der Waals surface area contributed by atoms with E-state index in [1.165, 1.54) is 6.33 Å². The van der Waals surface area contributed by atoms with Crippen LogP contribution in [0.15, 0.2) is 24.8 Å². The molecule has 0 fully saturated rings. The predicted octanol–water partition coefficient (Wildman–Crippen LogP) is 1.32. The lowest BCUT2D eigenvalue weighted by molar-refractivity contribution is 0.630. The number of fused-ring (bicyclic) bond motifs is 1. The lowest BCUT2D eigenvalue weighted by Gasteiger charge is -1.99. The van der Waals surface area contributed by atoms with E-state index >= 15 is 0 Å². The molecule has 0 atom stereocenters. The van der Waals surface area contributed by atoms with Gasteiger partial charge in [0.05, 0.1) is 30.3 Å². The number of nitrogens with zero attached hydrogens (tertiary/aromatic N) is 5. The zero-order chi connectivity index (χ0) is 13.2. The van der Waals surface area contributed by atoms with Crippen LogP contribution in [-0.4, -0.2) is 24.7 Å². The molecule has 0 saturated carbocycles. The first-order valence-electron chi connectivity index (χ1n) is 5.78. The SMILES string of the molecule is N#CCCn1cc(-c2ncnc3[nH]ccc23)c(N)n1. The Morgan fingerprint density at radius 3 is 3.16 bits per heavy atom. The Hall–Kier alpha value is -2.88. The summed E-state index contributed by atoms with van der Waals surface area (Å²) in [4.78, 5) is 11.4. The van der Waals surface area contributed by atoms with Crippen molar-refractivity contribution < 1.29 is 0 Å². The number of nitrogens with one attached hydrogen (secondary N) is 1. The van der Waals surface area contributed by atoms with Crippen molar-refractivity contribution in [3.05, 3.63) is 24.8 Å². The Balaban J connectivity index is 2.09. The maximum atomic E-state index is 8.59. The number of aromatic nitrogens is 5. The summed E-state index contributed by atoms with van der Waals surface area (Å²) < 4.78 is 1.66. The summed E-state index contributed by atoms with van der Waals surface area (Å²) in [5.41, 5.74) is 8.18. The molecule has 0 unspecified atom stereocenters. The van der Waals surface area contributed by atoms with Crippen LogP contribution in [0.3, 0.4) is 0 Å². The average molecular weight is 253 g/mol. The number of rotatable bonds is 3. The maximum Gasteiger partial charge on any atom is 0.154 e. The van der Waals surface area contributed by atoms with Crippen molar-refractivity contribution in [1.29, 1.82) is 5.26 Å². The molecule has 0 saturated heterocycles. The van der Waals surface area contributed by atoms with E-state index in [1.54, 1.807) is 17.1 Å². The van der Waals surface area contributed by atoms with Crippen LogP contribution in [0.5, 0.6) is 0 Å². The van der Waals surface area contributed by atoms with E-state index in [9.17, 15) is 0 Å². The zero-order valence-electron chi connectivity index (χ0n) is 10.0. The third-order valence-corrected chi connectivity index (χ3v) is 2.85. The number of aromatic amines is 1. The highest BCUT2D eigenvalue weighted by atomic mass is 15.3. The normalized spacial score (nSPS) is 10.7. The maximum absolute atomic E-state index is 8.59. The van der Waals surface area contributed by atoms with Gasteiger partial charge in [0, 0.05) is 17.8 Å². The highest BCUT2D eigenvalue weighted by molar-refractivity contribution is 5.92. The van der Waals surface area contributed by atoms with Gasteiger partial charge in [-0.05, 0) is 6.07 Å². The average Bonchev–Trinajstić information content (AvgIpc) is 3.02. The minimum atomic E-state index is 0.393. The standard InChI is InChI=1S/C12H11N7/c13-3-1-5-19-6-9(11(14)18-19)10-8-2-4-15-12(8)17-7-16-10/h2,4,6-7H,1,5H2,(H2,14,18)(H,15,16,17). The summed E-state index contributed by atoms with van der Waals surface area (Å²) in [6.45, 7) is 0.516. The second-order valence-corrected chi connectivity index (χ2v) is 4.06. The molecular formula is C12H11N7. The molecule has 0 amide bonds. The molecule has 3 heterocycles. The second kappa shape index (κ2) is 4.42. The molecule has 0 aliphatic heterocycles. The molecule has 3 aromatic heterocycles. The molecule has 3 N–H and O–H groups in total. The number of H-pyrrole nitrogens is 1. The van der Waals surface area contributed by atoms with Crippen LogP contribution in [0, 0.1) is 11.3 Å². The summed E-state index contributed by atoms with van der Waals surface area (Å²) in [6, 6.07) is 3.98. The number of hydrogen-bond acceptors (Lipinski definition) is 5. The molecule has 0 aliphatic carbocycles. The Morgan fingerprint density at radius 2 is 2.32 bits per heavy atom. The first-order chi connectivity index (χ1) is 9.29. The largest absolute Gasteiger partial charge is 0.382 e. The van der Waals surface area contributed by atoms with Crippen LogP contribution >= 0.6 is 0 Å². The van der Waals surface area contributed by atoms with Crippen molar-refractivity contribution in [2.24, 2.45) is 0 Å². The Morgan fingerprint density at radius 1 is 1.42 bits per heavy atom. The molecule has 19 heavy (non-hydrogen) atoms. The fourth-order valence-electron chi connectivity index (χ4n) is 1.98. The van der Waals surface area contributed by atoms with Crippen molar-refractivity contribution in [2.45, 2.75) is 13.0 Å². The molecule has 0 aliphatic rings. The van der Waals surface area contributed by atoms with Crippen LogP contribution in [0.25, 0.3) is 22.3 Å². The van der Waals surface area contributed by atoms with Gasteiger partial charge in [0.15, 0.2) is 5.82 Å². The number of nitrogen functional groups attached to an aromatic ring is 1. The molecule has 3 aromatic rings. The highest BCUT2D eigenvalue weighted by Crippen LogP contribution is 2.28. The number of nitrogens with two attached hydrogens (primary N) is 1. The predicted molar refractivity (Wildman–Crippen MR) is 69.8 cm³/mol. The zero-order valence-corrected chi connectivity index (χ0v) is 10.0. The molecule has 0 spiro atoms. The van der Waals surface area contributed by atoms with E-state index in [0.29, 0.717) is 18.8 Å². The van der Waals surface area contributed by atoms with Crippen molar-refractivity contribution >= 4 is 16.9 Å². The van der Waals surface area contributed by atoms with E-state index in [0.717, 1.165) is 22.3 Å². The Kier molecular flexibility index (Phi) is 2.61. The molecular weight excluding hydrogens is 242 g/mol. The van der Waals surface area contributed by atoms with Gasteiger partial charge in [-0.25, -0.2) is 9.97 Å². The molecule has 94 valence electrons. The molecule has 3 rings (SSSR count). The van der Waals surface area contributed by atoms with Gasteiger partial charge >= 0.3 is 0 Å². The quantitative estimate of drug-likeness (QED) is 0.731. The molecule has 0 bridgehead atoms. The topological polar surface area (TPSA) is 109 Å². The van der Waals surface area contributed by atoms with Crippen LogP contribution < -0.4 is 5.73 Å². The number of hydrogen-bond donors (Lipinski definition) is 2. The van der Waals surface area contributed by atoms with Gasteiger partial charge in [0.25, 0.3) is 0 Å². The van der Waals surface area contributed by atoms with Crippen LogP contribution in [0.1, 0.15) is 6.42 Å². The van der Waals surface area contributed by atoms with Gasteiger partial charge in [-0.15, -0.1) is 0 Å². The minimum Gasteiger partial charge on any atom is -0.382 e. The van der Waals surface area contributed by atoms with Crippen molar-refractivity contribution in [2.75, 3.05) is 5.73 Å². The van der Waals surface area contributed by atoms with E-state index in [4.69, 9.17) is 11.0 Å². The highest BCUT2D eigenvalue weighted by Gasteiger charge is 2.13. The van der Waals surface area contributed by atoms with E-state index in [2.05, 4.69) is 26.1 Å². The van der Waals surface area contributed by atoms with E-state index in [-0.39, 0.29) is 0 Å². The molecule has 0 radical (unpaired) electrons. The Bertz CT molecular complexity index is 762. The molecule has 0 aromatic carbocycles. The summed E-state index contributed by atoms with van der Waals surface area (Å²) in [7, 11) is 0.